The van der Waals surface area contributed by atoms with Gasteiger partial charge in [-0.1, -0.05) is 0 Å². The first-order valence-electron chi connectivity index (χ1n) is 8.66. The summed E-state index contributed by atoms with van der Waals surface area (Å²) in [6.07, 6.45) is 5.40. The average Bonchev–Trinajstić information content (AvgIpc) is 3.33. The molecular formula is C18H20N6O2. The first-order chi connectivity index (χ1) is 12.6. The molecule has 1 aliphatic heterocycles. The lowest BCUT2D eigenvalue weighted by Crippen LogP contribution is -2.39. The fourth-order valence-electron chi connectivity index (χ4n) is 3.50. The lowest BCUT2D eigenvalue weighted by molar-refractivity contribution is 0.0704. The van der Waals surface area contributed by atoms with E-state index in [4.69, 9.17) is 0 Å². The van der Waals surface area contributed by atoms with E-state index in [1.807, 2.05) is 42.3 Å². The molecule has 4 rings (SSSR count). The molecule has 0 radical (unpaired) electrons. The van der Waals surface area contributed by atoms with Crippen molar-refractivity contribution in [2.45, 2.75) is 25.7 Å². The van der Waals surface area contributed by atoms with Gasteiger partial charge in [-0.15, -0.1) is 0 Å². The molecule has 1 amide bonds. The highest BCUT2D eigenvalue weighted by Crippen LogP contribution is 2.25. The molecule has 3 aromatic rings. The van der Waals surface area contributed by atoms with E-state index in [1.54, 1.807) is 10.9 Å². The molecule has 0 aliphatic carbocycles. The number of carbonyl (C=O) groups is 1. The van der Waals surface area contributed by atoms with Gasteiger partial charge >= 0.3 is 5.69 Å². The van der Waals surface area contributed by atoms with Gasteiger partial charge < -0.3 is 4.90 Å². The maximum Gasteiger partial charge on any atom is 0.340 e. The molecule has 2 N–H and O–H groups in total. The molecular weight excluding hydrogens is 332 g/mol. The third-order valence-electron chi connectivity index (χ3n) is 4.81. The van der Waals surface area contributed by atoms with E-state index in [0.29, 0.717) is 24.5 Å². The summed E-state index contributed by atoms with van der Waals surface area (Å²) >= 11 is 0. The largest absolute Gasteiger partial charge is 0.340 e. The van der Waals surface area contributed by atoms with Crippen LogP contribution in [0.2, 0.25) is 0 Å². The van der Waals surface area contributed by atoms with Crippen LogP contribution in [-0.2, 0) is 0 Å². The van der Waals surface area contributed by atoms with Crippen molar-refractivity contribution in [3.05, 3.63) is 64.1 Å². The molecule has 0 spiro atoms. The quantitative estimate of drug-likeness (QED) is 0.748. The van der Waals surface area contributed by atoms with E-state index in [0.717, 1.165) is 24.1 Å². The topological polar surface area (TPSA) is 99.7 Å². The van der Waals surface area contributed by atoms with Crippen LogP contribution in [0.25, 0.3) is 5.69 Å². The van der Waals surface area contributed by atoms with Gasteiger partial charge in [-0.3, -0.25) is 9.78 Å². The number of benzene rings is 1. The summed E-state index contributed by atoms with van der Waals surface area (Å²) < 4.78 is 1.79. The Kier molecular flexibility index (Phi) is 4.16. The normalized spacial score (nSPS) is 17.4. The Morgan fingerprint density at radius 2 is 2.23 bits per heavy atom. The number of aromatic amines is 2. The Balaban J connectivity index is 1.53. The molecule has 1 aromatic carbocycles. The van der Waals surface area contributed by atoms with E-state index < -0.39 is 0 Å². The van der Waals surface area contributed by atoms with Crippen LogP contribution in [0.15, 0.2) is 41.5 Å². The highest BCUT2D eigenvalue weighted by molar-refractivity contribution is 5.94. The van der Waals surface area contributed by atoms with Crippen molar-refractivity contribution in [2.75, 3.05) is 13.1 Å². The fraction of sp³-hybridized carbons (Fsp3) is 0.333. The summed E-state index contributed by atoms with van der Waals surface area (Å²) in [6.45, 7) is 3.24. The Bertz CT molecular complexity index is 972. The predicted octanol–water partition coefficient (Wildman–Crippen LogP) is 1.61. The molecule has 1 saturated heterocycles. The van der Waals surface area contributed by atoms with Crippen molar-refractivity contribution in [3.63, 3.8) is 0 Å². The van der Waals surface area contributed by atoms with Gasteiger partial charge in [0.15, 0.2) is 0 Å². The van der Waals surface area contributed by atoms with Crippen LogP contribution in [-0.4, -0.2) is 48.9 Å². The number of piperidine rings is 1. The first-order valence-corrected chi connectivity index (χ1v) is 8.66. The molecule has 1 aliphatic rings. The Morgan fingerprint density at radius 1 is 1.35 bits per heavy atom. The molecule has 8 nitrogen and oxygen atoms in total. The van der Waals surface area contributed by atoms with E-state index >= 15 is 0 Å². The Morgan fingerprint density at radius 3 is 2.92 bits per heavy atom. The lowest BCUT2D eigenvalue weighted by atomic mass is 9.96. The number of aromatic nitrogens is 5. The molecule has 3 heterocycles. The minimum atomic E-state index is -0.312. The summed E-state index contributed by atoms with van der Waals surface area (Å²) in [5.74, 6) is 0.677. The van der Waals surface area contributed by atoms with Gasteiger partial charge in [0, 0.05) is 37.0 Å². The van der Waals surface area contributed by atoms with Crippen LogP contribution in [0.1, 0.15) is 40.5 Å². The van der Waals surface area contributed by atoms with Gasteiger partial charge in [0.2, 0.25) is 0 Å². The smallest absolute Gasteiger partial charge is 0.338 e. The van der Waals surface area contributed by atoms with Crippen molar-refractivity contribution >= 4 is 5.91 Å². The number of H-pyrrole nitrogens is 2. The number of likely N-dealkylation sites (tertiary alicyclic amines) is 1. The van der Waals surface area contributed by atoms with Crippen molar-refractivity contribution < 1.29 is 4.79 Å². The van der Waals surface area contributed by atoms with Crippen LogP contribution in [0, 0.1) is 6.92 Å². The van der Waals surface area contributed by atoms with E-state index in [9.17, 15) is 9.59 Å². The summed E-state index contributed by atoms with van der Waals surface area (Å²) in [7, 11) is 0. The van der Waals surface area contributed by atoms with E-state index in [-0.39, 0.29) is 17.5 Å². The monoisotopic (exact) mass is 352 g/mol. The maximum atomic E-state index is 12.9. The zero-order valence-corrected chi connectivity index (χ0v) is 14.5. The van der Waals surface area contributed by atoms with Crippen LogP contribution in [0.3, 0.4) is 0 Å². The minimum absolute atomic E-state index is 0.00250. The summed E-state index contributed by atoms with van der Waals surface area (Å²) in [6, 6.07) is 7.53. The van der Waals surface area contributed by atoms with Gasteiger partial charge in [0.25, 0.3) is 5.91 Å². The summed E-state index contributed by atoms with van der Waals surface area (Å²) in [5, 5.41) is 10.7. The predicted molar refractivity (Wildman–Crippen MR) is 95.4 cm³/mol. The molecule has 134 valence electrons. The highest BCUT2D eigenvalue weighted by Gasteiger charge is 2.27. The van der Waals surface area contributed by atoms with E-state index in [2.05, 4.69) is 20.3 Å². The Labute approximate surface area is 149 Å². The highest BCUT2D eigenvalue weighted by atomic mass is 16.2. The molecule has 26 heavy (non-hydrogen) atoms. The fourth-order valence-corrected chi connectivity index (χ4v) is 3.50. The number of rotatable bonds is 3. The molecule has 0 bridgehead atoms. The number of hydrogen-bond acceptors (Lipinski definition) is 4. The SMILES string of the molecule is Cc1cc(C(=O)N2CCCC(c3n[nH]c(=O)[nH]3)C2)ccc1-n1cccn1. The average molecular weight is 352 g/mol. The molecule has 2 aromatic heterocycles. The molecule has 1 unspecified atom stereocenters. The standard InChI is InChI=1S/C18H20N6O2/c1-12-10-13(5-6-15(12)24-9-3-7-19-24)17(25)23-8-2-4-14(11-23)16-20-18(26)22-21-16/h3,5-7,9-10,14H,2,4,8,11H2,1H3,(H2,20,21,22,26). The number of carbonyl (C=O) groups excluding carboxylic acids is 1. The number of aryl methyl sites for hydroxylation is 1. The van der Waals surface area contributed by atoms with Gasteiger partial charge in [-0.2, -0.15) is 10.2 Å². The second kappa shape index (κ2) is 6.62. The lowest BCUT2D eigenvalue weighted by Gasteiger charge is -2.31. The number of amides is 1. The second-order valence-corrected chi connectivity index (χ2v) is 6.61. The van der Waals surface area contributed by atoms with Crippen molar-refractivity contribution in [1.82, 2.24) is 29.9 Å². The minimum Gasteiger partial charge on any atom is -0.338 e. The molecule has 1 atom stereocenters. The van der Waals surface area contributed by atoms with Crippen molar-refractivity contribution in [1.29, 1.82) is 0 Å². The van der Waals surface area contributed by atoms with Gasteiger partial charge in [-0.25, -0.2) is 14.6 Å². The van der Waals surface area contributed by atoms with Crippen molar-refractivity contribution in [3.8, 4) is 5.69 Å². The Hall–Kier alpha value is -3.16. The van der Waals surface area contributed by atoms with Crippen molar-refractivity contribution in [2.24, 2.45) is 0 Å². The van der Waals surface area contributed by atoms with Crippen LogP contribution in [0.4, 0.5) is 0 Å². The van der Waals surface area contributed by atoms with Crippen LogP contribution in [0.5, 0.6) is 0 Å². The number of nitrogens with one attached hydrogen (secondary N) is 2. The van der Waals surface area contributed by atoms with E-state index in [1.165, 1.54) is 0 Å². The second-order valence-electron chi connectivity index (χ2n) is 6.61. The number of nitrogens with zero attached hydrogens (tertiary/aromatic N) is 4. The molecule has 1 fully saturated rings. The van der Waals surface area contributed by atoms with Gasteiger partial charge in [-0.05, 0) is 49.6 Å². The zero-order valence-electron chi connectivity index (χ0n) is 14.5. The van der Waals surface area contributed by atoms with Crippen LogP contribution >= 0.6 is 0 Å². The summed E-state index contributed by atoms with van der Waals surface area (Å²) in [5.41, 5.74) is 2.30. The van der Waals surface area contributed by atoms with Crippen LogP contribution < -0.4 is 5.69 Å². The number of hydrogen-bond donors (Lipinski definition) is 2. The van der Waals surface area contributed by atoms with Gasteiger partial charge in [0.05, 0.1) is 5.69 Å². The maximum absolute atomic E-state index is 12.9. The molecule has 8 heteroatoms. The first kappa shape index (κ1) is 16.3. The zero-order chi connectivity index (χ0) is 18.1. The molecule has 0 saturated carbocycles. The van der Waals surface area contributed by atoms with Gasteiger partial charge in [0.1, 0.15) is 5.82 Å². The third kappa shape index (κ3) is 3.05. The third-order valence-corrected chi connectivity index (χ3v) is 4.81. The summed E-state index contributed by atoms with van der Waals surface area (Å²) in [4.78, 5) is 28.8.